The van der Waals surface area contributed by atoms with Crippen LogP contribution in [0.2, 0.25) is 0 Å². The number of aliphatic hydroxyl groups is 1. The van der Waals surface area contributed by atoms with Gasteiger partial charge < -0.3 is 10.8 Å². The molecule has 0 aliphatic heterocycles. The van der Waals surface area contributed by atoms with E-state index in [-0.39, 0.29) is 17.5 Å². The zero-order chi connectivity index (χ0) is 34.4. The zero-order valence-corrected chi connectivity index (χ0v) is 31.0. The maximum atomic E-state index is 13.6. The molecule has 0 spiro atoms. The van der Waals surface area contributed by atoms with E-state index < -0.39 is 11.1 Å². The maximum absolute atomic E-state index is 13.6. The fraction of sp³-hybridized carbons (Fsp3) is 0.762. The van der Waals surface area contributed by atoms with Crippen LogP contribution in [0.1, 0.15) is 189 Å². The zero-order valence-electron chi connectivity index (χ0n) is 31.0. The Labute approximate surface area is 285 Å². The molecule has 0 aliphatic rings. The number of carbonyl (C=O) groups is 2. The van der Waals surface area contributed by atoms with Crippen molar-refractivity contribution in [3.8, 4) is 0 Å². The minimum Gasteiger partial charge on any atom is -0.375 e. The van der Waals surface area contributed by atoms with Crippen molar-refractivity contribution in [3.63, 3.8) is 0 Å². The molecule has 4 heteroatoms. The summed E-state index contributed by atoms with van der Waals surface area (Å²) in [6.07, 6.45) is 43.3. The van der Waals surface area contributed by atoms with Gasteiger partial charge in [-0.05, 0) is 89.9 Å². The molecule has 0 aromatic heterocycles. The topological polar surface area (TPSA) is 80.4 Å². The third-order valence-electron chi connectivity index (χ3n) is 9.25. The van der Waals surface area contributed by atoms with Gasteiger partial charge in [0.25, 0.3) is 0 Å². The van der Waals surface area contributed by atoms with E-state index in [4.69, 9.17) is 5.73 Å². The van der Waals surface area contributed by atoms with Gasteiger partial charge in [0.2, 0.25) is 0 Å². The predicted octanol–water partition coefficient (Wildman–Crippen LogP) is 12.1. The normalized spacial score (nSPS) is 14.1. The van der Waals surface area contributed by atoms with Crippen LogP contribution in [0, 0.1) is 11.3 Å². The van der Waals surface area contributed by atoms with Crippen LogP contribution in [0.25, 0.3) is 0 Å². The molecule has 0 aliphatic carbocycles. The first kappa shape index (κ1) is 44.2. The maximum Gasteiger partial charge on any atom is 0.150 e. The summed E-state index contributed by atoms with van der Waals surface area (Å²) >= 11 is 0. The Morgan fingerprint density at radius 1 is 0.543 bits per heavy atom. The number of ketones is 2. The largest absolute Gasteiger partial charge is 0.375 e. The van der Waals surface area contributed by atoms with Gasteiger partial charge in [0.05, 0.1) is 0 Å². The minimum absolute atomic E-state index is 0.187. The van der Waals surface area contributed by atoms with Crippen LogP contribution in [0.15, 0.2) is 48.6 Å². The van der Waals surface area contributed by atoms with Crippen molar-refractivity contribution in [2.45, 2.75) is 194 Å². The lowest BCUT2D eigenvalue weighted by molar-refractivity contribution is -0.165. The SMILES string of the molecule is CCCCC/C=C\C/C=C\CCCCCCCC(=O)C(C(=O)CCCCCCC/C=C\C/C=C\CCCCC)(C(C)C)C(C)(N)O. The Morgan fingerprint density at radius 3 is 1.15 bits per heavy atom. The second kappa shape index (κ2) is 29.4. The average Bonchev–Trinajstić information content (AvgIpc) is 3.00. The van der Waals surface area contributed by atoms with E-state index in [0.29, 0.717) is 12.8 Å². The van der Waals surface area contributed by atoms with Crippen LogP contribution in [0.3, 0.4) is 0 Å². The van der Waals surface area contributed by atoms with Crippen LogP contribution < -0.4 is 5.73 Å². The fourth-order valence-electron chi connectivity index (χ4n) is 6.54. The average molecular weight is 642 g/mol. The Morgan fingerprint density at radius 2 is 0.848 bits per heavy atom. The lowest BCUT2D eigenvalue weighted by Gasteiger charge is -2.43. The van der Waals surface area contributed by atoms with Crippen molar-refractivity contribution in [1.29, 1.82) is 0 Å². The van der Waals surface area contributed by atoms with Crippen LogP contribution in [0.5, 0.6) is 0 Å². The smallest absolute Gasteiger partial charge is 0.150 e. The van der Waals surface area contributed by atoms with Crippen molar-refractivity contribution in [2.75, 3.05) is 0 Å². The molecule has 3 N–H and O–H groups in total. The molecule has 0 saturated heterocycles. The fourth-order valence-corrected chi connectivity index (χ4v) is 6.54. The third kappa shape index (κ3) is 20.5. The van der Waals surface area contributed by atoms with E-state index >= 15 is 0 Å². The van der Waals surface area contributed by atoms with E-state index in [1.165, 1.54) is 58.3 Å². The summed E-state index contributed by atoms with van der Waals surface area (Å²) < 4.78 is 0. The summed E-state index contributed by atoms with van der Waals surface area (Å²) in [5.41, 5.74) is 2.81. The number of allylic oxidation sites excluding steroid dienone is 8. The van der Waals surface area contributed by atoms with Gasteiger partial charge >= 0.3 is 0 Å². The first-order valence-electron chi connectivity index (χ1n) is 19.3. The Hall–Kier alpha value is -1.78. The highest BCUT2D eigenvalue weighted by atomic mass is 16.3. The lowest BCUT2D eigenvalue weighted by Crippen LogP contribution is -2.64. The van der Waals surface area contributed by atoms with Crippen LogP contribution in [-0.2, 0) is 9.59 Å². The van der Waals surface area contributed by atoms with E-state index in [2.05, 4.69) is 62.5 Å². The van der Waals surface area contributed by atoms with Gasteiger partial charge in [0, 0.05) is 12.8 Å². The Bertz CT molecular complexity index is 801. The number of Topliss-reactive ketones (excluding diaryl/α,β-unsaturated/α-hetero) is 2. The lowest BCUT2D eigenvalue weighted by atomic mass is 9.62. The molecule has 4 nitrogen and oxygen atoms in total. The highest BCUT2D eigenvalue weighted by molar-refractivity contribution is 6.08. The summed E-state index contributed by atoms with van der Waals surface area (Å²) in [5, 5.41) is 11.0. The third-order valence-corrected chi connectivity index (χ3v) is 9.25. The van der Waals surface area contributed by atoms with Gasteiger partial charge in [-0.25, -0.2) is 0 Å². The highest BCUT2D eigenvalue weighted by Gasteiger charge is 2.57. The van der Waals surface area contributed by atoms with Crippen molar-refractivity contribution in [2.24, 2.45) is 17.1 Å². The molecule has 1 unspecified atom stereocenters. The molecule has 0 rings (SSSR count). The minimum atomic E-state index is -1.87. The van der Waals surface area contributed by atoms with Gasteiger partial charge in [-0.15, -0.1) is 0 Å². The molecule has 0 aromatic carbocycles. The van der Waals surface area contributed by atoms with Gasteiger partial charge in [-0.2, -0.15) is 0 Å². The Balaban J connectivity index is 4.39. The molecule has 0 heterocycles. The quantitative estimate of drug-likeness (QED) is 0.0331. The van der Waals surface area contributed by atoms with E-state index in [1.807, 2.05) is 13.8 Å². The Kier molecular flexibility index (Phi) is 28.2. The second-order valence-electron chi connectivity index (χ2n) is 13.9. The molecule has 1 atom stereocenters. The predicted molar refractivity (Wildman–Crippen MR) is 201 cm³/mol. The first-order chi connectivity index (χ1) is 22.2. The number of hydrogen-bond acceptors (Lipinski definition) is 4. The van der Waals surface area contributed by atoms with Crippen molar-refractivity contribution >= 4 is 11.6 Å². The van der Waals surface area contributed by atoms with E-state index in [1.54, 1.807) is 0 Å². The van der Waals surface area contributed by atoms with E-state index in [9.17, 15) is 14.7 Å². The number of nitrogens with two attached hydrogens (primary N) is 1. The molecule has 0 radical (unpaired) electrons. The second-order valence-corrected chi connectivity index (χ2v) is 13.9. The molecule has 0 saturated carbocycles. The first-order valence-corrected chi connectivity index (χ1v) is 19.3. The van der Waals surface area contributed by atoms with E-state index in [0.717, 1.165) is 89.9 Å². The number of carbonyl (C=O) groups excluding carboxylic acids is 2. The molecule has 266 valence electrons. The molecule has 0 amide bonds. The molecular formula is C42H75NO3. The van der Waals surface area contributed by atoms with Crippen LogP contribution in [0.4, 0.5) is 0 Å². The standard InChI is InChI=1S/C42H75NO3/c1-6-8-10-12-14-16-18-20-22-24-26-28-30-32-34-36-39(44)42(38(3)4,41(5,43)46)40(45)37-35-33-31-29-27-25-23-21-19-17-15-13-11-9-7-2/h14-17,20-23,38,46H,6-13,18-19,24-37,43H2,1-5H3/b16-14-,17-15-,22-20-,23-21-. The molecule has 0 fully saturated rings. The number of rotatable bonds is 32. The summed E-state index contributed by atoms with van der Waals surface area (Å²) in [4.78, 5) is 27.2. The summed E-state index contributed by atoms with van der Waals surface area (Å²) in [5.74, 6) is -0.731. The van der Waals surface area contributed by atoms with Gasteiger partial charge in [-0.3, -0.25) is 9.59 Å². The number of hydrogen-bond donors (Lipinski definition) is 2. The van der Waals surface area contributed by atoms with Gasteiger partial charge in [0.1, 0.15) is 11.1 Å². The van der Waals surface area contributed by atoms with Crippen molar-refractivity contribution in [3.05, 3.63) is 48.6 Å². The van der Waals surface area contributed by atoms with Crippen molar-refractivity contribution < 1.29 is 14.7 Å². The number of unbranched alkanes of at least 4 members (excludes halogenated alkanes) is 16. The summed E-state index contributed by atoms with van der Waals surface area (Å²) in [6, 6.07) is 0. The molecule has 0 bridgehead atoms. The highest BCUT2D eigenvalue weighted by Crippen LogP contribution is 2.41. The molecule has 46 heavy (non-hydrogen) atoms. The molecule has 0 aromatic rings. The summed E-state index contributed by atoms with van der Waals surface area (Å²) in [7, 11) is 0. The monoisotopic (exact) mass is 642 g/mol. The van der Waals surface area contributed by atoms with Gasteiger partial charge in [-0.1, -0.05) is 141 Å². The molecular weight excluding hydrogens is 566 g/mol. The summed E-state index contributed by atoms with van der Waals surface area (Å²) in [6.45, 7) is 9.61. The van der Waals surface area contributed by atoms with Gasteiger partial charge in [0.15, 0.2) is 11.6 Å². The van der Waals surface area contributed by atoms with Crippen LogP contribution in [-0.4, -0.2) is 22.4 Å². The van der Waals surface area contributed by atoms with Crippen molar-refractivity contribution in [1.82, 2.24) is 0 Å². The van der Waals surface area contributed by atoms with Crippen LogP contribution >= 0.6 is 0 Å².